The zero-order valence-electron chi connectivity index (χ0n) is 19.0. The van der Waals surface area contributed by atoms with Gasteiger partial charge < -0.3 is 24.8 Å². The highest BCUT2D eigenvalue weighted by molar-refractivity contribution is 7.19. The van der Waals surface area contributed by atoms with Gasteiger partial charge in [0.2, 0.25) is 0 Å². The van der Waals surface area contributed by atoms with Gasteiger partial charge in [-0.2, -0.15) is 0 Å². The molecule has 0 aliphatic carbocycles. The lowest BCUT2D eigenvalue weighted by molar-refractivity contribution is 0.0527. The lowest BCUT2D eigenvalue weighted by atomic mass is 10.1. The molecule has 0 unspecified atom stereocenters. The number of hydrogen-bond donors (Lipinski definition) is 2. The van der Waals surface area contributed by atoms with Gasteiger partial charge in [0.15, 0.2) is 11.5 Å². The Labute approximate surface area is 205 Å². The van der Waals surface area contributed by atoms with Crippen LogP contribution in [0, 0.1) is 6.92 Å². The number of carbonyl (C=O) groups excluding carboxylic acids is 3. The third kappa shape index (κ3) is 5.49. The predicted molar refractivity (Wildman–Crippen MR) is 132 cm³/mol. The van der Waals surface area contributed by atoms with Gasteiger partial charge in [0.05, 0.1) is 31.3 Å². The number of ether oxygens (including phenoxy) is 3. The second-order valence-corrected chi connectivity index (χ2v) is 8.42. The van der Waals surface area contributed by atoms with Gasteiger partial charge in [-0.3, -0.25) is 9.59 Å². The maximum atomic E-state index is 13.0. The standard InChI is InChI=1S/C24H23ClN2O6S/c1-5-33-24(30)19-13(2)20(22(29)26-16-9-7-15(25)8-10-16)34-23(19)27-21(28)14-6-11-17(31-3)18(12-14)32-4/h6-12H,5H2,1-4H3,(H,26,29)(H,27,28). The first-order chi connectivity index (χ1) is 16.3. The molecule has 0 radical (unpaired) electrons. The molecule has 2 amide bonds. The monoisotopic (exact) mass is 502 g/mol. The van der Waals surface area contributed by atoms with Gasteiger partial charge in [0, 0.05) is 16.3 Å². The molecule has 2 aromatic carbocycles. The maximum Gasteiger partial charge on any atom is 0.341 e. The van der Waals surface area contributed by atoms with Gasteiger partial charge in [0.1, 0.15) is 5.00 Å². The van der Waals surface area contributed by atoms with Crippen molar-refractivity contribution in [1.29, 1.82) is 0 Å². The van der Waals surface area contributed by atoms with Gasteiger partial charge in [-0.1, -0.05) is 11.6 Å². The number of halogens is 1. The predicted octanol–water partition coefficient (Wildman–Crippen LogP) is 5.41. The normalized spacial score (nSPS) is 10.4. The number of anilines is 2. The molecule has 2 N–H and O–H groups in total. The van der Waals surface area contributed by atoms with Gasteiger partial charge in [-0.25, -0.2) is 4.79 Å². The average Bonchev–Trinajstić information content (AvgIpc) is 3.15. The molecule has 10 heteroatoms. The minimum absolute atomic E-state index is 0.127. The van der Waals surface area contributed by atoms with Gasteiger partial charge >= 0.3 is 5.97 Å². The molecule has 0 fully saturated rings. The van der Waals surface area contributed by atoms with Crippen molar-refractivity contribution in [1.82, 2.24) is 0 Å². The number of rotatable bonds is 8. The number of hydrogen-bond acceptors (Lipinski definition) is 7. The van der Waals surface area contributed by atoms with E-state index in [2.05, 4.69) is 10.6 Å². The smallest absolute Gasteiger partial charge is 0.341 e. The summed E-state index contributed by atoms with van der Waals surface area (Å²) >= 11 is 6.88. The molecular formula is C24H23ClN2O6S. The number of thiophene rings is 1. The van der Waals surface area contributed by atoms with Crippen LogP contribution in [0.4, 0.5) is 10.7 Å². The molecule has 1 aromatic heterocycles. The van der Waals surface area contributed by atoms with Crippen LogP contribution in [0.25, 0.3) is 0 Å². The van der Waals surface area contributed by atoms with E-state index in [-0.39, 0.29) is 27.6 Å². The summed E-state index contributed by atoms with van der Waals surface area (Å²) in [6, 6.07) is 11.3. The average molecular weight is 503 g/mol. The topological polar surface area (TPSA) is 103 Å². The molecule has 178 valence electrons. The van der Waals surface area contributed by atoms with E-state index in [4.69, 9.17) is 25.8 Å². The molecular weight excluding hydrogens is 480 g/mol. The van der Waals surface area contributed by atoms with Crippen LogP contribution in [0.5, 0.6) is 11.5 Å². The van der Waals surface area contributed by atoms with E-state index in [1.807, 2.05) is 0 Å². The summed E-state index contributed by atoms with van der Waals surface area (Å²) in [7, 11) is 2.96. The Morgan fingerprint density at radius 2 is 1.62 bits per heavy atom. The molecule has 3 aromatic rings. The Kier molecular flexibility index (Phi) is 8.14. The molecule has 3 rings (SSSR count). The molecule has 0 saturated carbocycles. The minimum Gasteiger partial charge on any atom is -0.493 e. The molecule has 0 aliphatic heterocycles. The number of carbonyl (C=O) groups is 3. The highest BCUT2D eigenvalue weighted by Gasteiger charge is 2.27. The van der Waals surface area contributed by atoms with E-state index >= 15 is 0 Å². The van der Waals surface area contributed by atoms with Crippen LogP contribution in [0.15, 0.2) is 42.5 Å². The summed E-state index contributed by atoms with van der Waals surface area (Å²) < 4.78 is 15.6. The second-order valence-electron chi connectivity index (χ2n) is 6.97. The quantitative estimate of drug-likeness (QED) is 0.399. The summed E-state index contributed by atoms with van der Waals surface area (Å²) in [5.41, 5.74) is 1.35. The molecule has 0 bridgehead atoms. The summed E-state index contributed by atoms with van der Waals surface area (Å²) in [5.74, 6) is -0.700. The Balaban J connectivity index is 1.94. The number of amides is 2. The van der Waals surface area contributed by atoms with E-state index in [1.54, 1.807) is 50.2 Å². The highest BCUT2D eigenvalue weighted by Crippen LogP contribution is 2.35. The molecule has 0 spiro atoms. The zero-order chi connectivity index (χ0) is 24.8. The lowest BCUT2D eigenvalue weighted by Crippen LogP contribution is -2.15. The summed E-state index contributed by atoms with van der Waals surface area (Å²) in [5, 5.41) is 6.24. The Morgan fingerprint density at radius 1 is 0.941 bits per heavy atom. The van der Waals surface area contributed by atoms with Crippen molar-refractivity contribution < 1.29 is 28.6 Å². The fraction of sp³-hybridized carbons (Fsp3) is 0.208. The summed E-state index contributed by atoms with van der Waals surface area (Å²) in [6.07, 6.45) is 0. The van der Waals surface area contributed by atoms with Crippen molar-refractivity contribution in [2.45, 2.75) is 13.8 Å². The molecule has 0 aliphatic rings. The van der Waals surface area contributed by atoms with Crippen LogP contribution in [0.2, 0.25) is 5.02 Å². The fourth-order valence-electron chi connectivity index (χ4n) is 3.14. The number of esters is 1. The summed E-state index contributed by atoms with van der Waals surface area (Å²) in [4.78, 5) is 38.8. The second kappa shape index (κ2) is 11.0. The molecule has 0 atom stereocenters. The van der Waals surface area contributed by atoms with Crippen molar-refractivity contribution in [2.24, 2.45) is 0 Å². The SMILES string of the molecule is CCOC(=O)c1c(NC(=O)c2ccc(OC)c(OC)c2)sc(C(=O)Nc2ccc(Cl)cc2)c1C. The Hall–Kier alpha value is -3.56. The van der Waals surface area contributed by atoms with Gasteiger partial charge in [-0.15, -0.1) is 11.3 Å². The molecule has 0 saturated heterocycles. The van der Waals surface area contributed by atoms with Crippen LogP contribution in [-0.4, -0.2) is 38.6 Å². The molecule has 8 nitrogen and oxygen atoms in total. The van der Waals surface area contributed by atoms with Crippen LogP contribution >= 0.6 is 22.9 Å². The first-order valence-electron chi connectivity index (χ1n) is 10.2. The van der Waals surface area contributed by atoms with Crippen molar-refractivity contribution in [3.05, 3.63) is 69.1 Å². The Bertz CT molecular complexity index is 1220. The van der Waals surface area contributed by atoms with Gasteiger partial charge in [0.25, 0.3) is 11.8 Å². The van der Waals surface area contributed by atoms with Crippen molar-refractivity contribution >= 4 is 51.4 Å². The zero-order valence-corrected chi connectivity index (χ0v) is 20.6. The third-order valence-corrected chi connectivity index (χ3v) is 6.27. The van der Waals surface area contributed by atoms with Crippen LogP contribution in [0.1, 0.15) is 42.9 Å². The van der Waals surface area contributed by atoms with E-state index in [0.29, 0.717) is 27.8 Å². The largest absolute Gasteiger partial charge is 0.493 e. The Morgan fingerprint density at radius 3 is 2.24 bits per heavy atom. The number of methoxy groups -OCH3 is 2. The van der Waals surface area contributed by atoms with E-state index in [1.165, 1.54) is 20.3 Å². The number of benzene rings is 2. The summed E-state index contributed by atoms with van der Waals surface area (Å²) in [6.45, 7) is 3.45. The maximum absolute atomic E-state index is 13.0. The first-order valence-corrected chi connectivity index (χ1v) is 11.4. The van der Waals surface area contributed by atoms with Crippen LogP contribution in [-0.2, 0) is 4.74 Å². The highest BCUT2D eigenvalue weighted by atomic mass is 35.5. The lowest BCUT2D eigenvalue weighted by Gasteiger charge is -2.10. The van der Waals surface area contributed by atoms with Crippen LogP contribution in [0.3, 0.4) is 0 Å². The molecule has 1 heterocycles. The number of nitrogens with one attached hydrogen (secondary N) is 2. The molecule has 34 heavy (non-hydrogen) atoms. The minimum atomic E-state index is -0.635. The van der Waals surface area contributed by atoms with Crippen molar-refractivity contribution in [3.63, 3.8) is 0 Å². The van der Waals surface area contributed by atoms with Gasteiger partial charge in [-0.05, 0) is 61.9 Å². The third-order valence-electron chi connectivity index (χ3n) is 4.81. The first kappa shape index (κ1) is 25.1. The van der Waals surface area contributed by atoms with E-state index < -0.39 is 17.8 Å². The fourth-order valence-corrected chi connectivity index (χ4v) is 4.35. The van der Waals surface area contributed by atoms with Crippen molar-refractivity contribution in [3.8, 4) is 11.5 Å². The van der Waals surface area contributed by atoms with E-state index in [0.717, 1.165) is 11.3 Å². The van der Waals surface area contributed by atoms with Crippen molar-refractivity contribution in [2.75, 3.05) is 31.5 Å². The van der Waals surface area contributed by atoms with E-state index in [9.17, 15) is 14.4 Å². The van der Waals surface area contributed by atoms with Crippen LogP contribution < -0.4 is 20.1 Å².